The molecule has 1 aromatic rings. The number of aromatic nitrogens is 1. The topological polar surface area (TPSA) is 88.2 Å². The SMILES string of the molecule is NC(=O)Nc1cc(C#CCO)ccn1. The molecule has 0 aliphatic carbocycles. The van der Waals surface area contributed by atoms with Gasteiger partial charge in [-0.05, 0) is 12.1 Å². The fraction of sp³-hybridized carbons (Fsp3) is 0.111. The number of pyridine rings is 1. The van der Waals surface area contributed by atoms with Gasteiger partial charge in [0.2, 0.25) is 0 Å². The summed E-state index contributed by atoms with van der Waals surface area (Å²) in [6, 6.07) is 2.55. The molecule has 0 aliphatic rings. The Morgan fingerprint density at radius 1 is 1.71 bits per heavy atom. The second-order valence-electron chi connectivity index (χ2n) is 2.38. The van der Waals surface area contributed by atoms with Gasteiger partial charge in [-0.1, -0.05) is 11.8 Å². The Morgan fingerprint density at radius 3 is 3.14 bits per heavy atom. The number of aliphatic hydroxyl groups excluding tert-OH is 1. The monoisotopic (exact) mass is 191 g/mol. The Kier molecular flexibility index (Phi) is 3.47. The van der Waals surface area contributed by atoms with Crippen molar-refractivity contribution >= 4 is 11.8 Å². The fourth-order valence-electron chi connectivity index (χ4n) is 0.844. The molecular formula is C9H9N3O2. The van der Waals surface area contributed by atoms with Crippen molar-refractivity contribution < 1.29 is 9.90 Å². The molecule has 14 heavy (non-hydrogen) atoms. The molecule has 5 nitrogen and oxygen atoms in total. The zero-order valence-electron chi connectivity index (χ0n) is 7.32. The van der Waals surface area contributed by atoms with Gasteiger partial charge < -0.3 is 10.8 Å². The predicted octanol–water partition coefficient (Wildman–Crippen LogP) is -0.0840. The second-order valence-corrected chi connectivity index (χ2v) is 2.38. The van der Waals surface area contributed by atoms with E-state index in [-0.39, 0.29) is 6.61 Å². The molecule has 0 fully saturated rings. The highest BCUT2D eigenvalue weighted by atomic mass is 16.2. The van der Waals surface area contributed by atoms with Crippen LogP contribution in [0, 0.1) is 11.8 Å². The van der Waals surface area contributed by atoms with Crippen LogP contribution in [0.5, 0.6) is 0 Å². The van der Waals surface area contributed by atoms with E-state index in [4.69, 9.17) is 10.8 Å². The first-order valence-corrected chi connectivity index (χ1v) is 3.84. The van der Waals surface area contributed by atoms with Crippen LogP contribution in [-0.2, 0) is 0 Å². The molecule has 0 radical (unpaired) electrons. The first-order valence-electron chi connectivity index (χ1n) is 3.84. The molecule has 4 N–H and O–H groups in total. The largest absolute Gasteiger partial charge is 0.384 e. The molecule has 0 aliphatic heterocycles. The minimum Gasteiger partial charge on any atom is -0.384 e. The standard InChI is InChI=1S/C9H9N3O2/c10-9(14)12-8-6-7(2-1-5-13)3-4-11-8/h3-4,6,13H,5H2,(H3,10,11,12,14). The summed E-state index contributed by atoms with van der Waals surface area (Å²) in [5.41, 5.74) is 5.56. The van der Waals surface area contributed by atoms with E-state index in [1.165, 1.54) is 6.20 Å². The first kappa shape index (κ1) is 10.0. The van der Waals surface area contributed by atoms with Crippen molar-refractivity contribution in [3.63, 3.8) is 0 Å². The van der Waals surface area contributed by atoms with E-state index in [0.717, 1.165) is 0 Å². The Bertz CT molecular complexity index is 393. The average Bonchev–Trinajstić information content (AvgIpc) is 2.14. The number of urea groups is 1. The lowest BCUT2D eigenvalue weighted by Gasteiger charge is -1.99. The Morgan fingerprint density at radius 2 is 2.50 bits per heavy atom. The van der Waals surface area contributed by atoms with Gasteiger partial charge in [-0.15, -0.1) is 0 Å². The average molecular weight is 191 g/mol. The van der Waals surface area contributed by atoms with Crippen LogP contribution in [0.25, 0.3) is 0 Å². The van der Waals surface area contributed by atoms with E-state index >= 15 is 0 Å². The summed E-state index contributed by atoms with van der Waals surface area (Å²) >= 11 is 0. The number of hydrogen-bond acceptors (Lipinski definition) is 3. The normalized spacial score (nSPS) is 8.64. The van der Waals surface area contributed by atoms with Gasteiger partial charge in [0, 0.05) is 11.8 Å². The summed E-state index contributed by atoms with van der Waals surface area (Å²) in [4.78, 5) is 14.3. The Balaban J connectivity index is 2.84. The zero-order valence-corrected chi connectivity index (χ0v) is 7.32. The number of anilines is 1. The molecule has 0 saturated carbocycles. The lowest BCUT2D eigenvalue weighted by atomic mass is 10.2. The maximum absolute atomic E-state index is 10.5. The van der Waals surface area contributed by atoms with Gasteiger partial charge in [0.05, 0.1) is 0 Å². The molecule has 1 heterocycles. The number of carbonyl (C=O) groups excluding carboxylic acids is 1. The van der Waals surface area contributed by atoms with Gasteiger partial charge in [0.25, 0.3) is 0 Å². The molecular weight excluding hydrogens is 182 g/mol. The van der Waals surface area contributed by atoms with Crippen molar-refractivity contribution in [2.24, 2.45) is 5.73 Å². The minimum atomic E-state index is -0.676. The van der Waals surface area contributed by atoms with Crippen LogP contribution in [0.15, 0.2) is 18.3 Å². The van der Waals surface area contributed by atoms with E-state index in [0.29, 0.717) is 11.4 Å². The third kappa shape index (κ3) is 3.13. The molecule has 5 heteroatoms. The molecule has 0 spiro atoms. The second kappa shape index (κ2) is 4.84. The fourth-order valence-corrected chi connectivity index (χ4v) is 0.844. The van der Waals surface area contributed by atoms with Crippen molar-refractivity contribution in [1.29, 1.82) is 0 Å². The highest BCUT2D eigenvalue weighted by molar-refractivity contribution is 5.86. The molecule has 0 bridgehead atoms. The molecule has 0 saturated heterocycles. The van der Waals surface area contributed by atoms with E-state index in [9.17, 15) is 4.79 Å². The number of rotatable bonds is 1. The highest BCUT2D eigenvalue weighted by Crippen LogP contribution is 2.04. The number of hydrogen-bond donors (Lipinski definition) is 3. The van der Waals surface area contributed by atoms with Crippen molar-refractivity contribution in [1.82, 2.24) is 4.98 Å². The van der Waals surface area contributed by atoms with Gasteiger partial charge >= 0.3 is 6.03 Å². The molecule has 72 valence electrons. The summed E-state index contributed by atoms with van der Waals surface area (Å²) in [6.45, 7) is -0.207. The maximum Gasteiger partial charge on any atom is 0.317 e. The summed E-state index contributed by atoms with van der Waals surface area (Å²) in [6.07, 6.45) is 1.49. The number of carbonyl (C=O) groups is 1. The molecule has 1 aromatic heterocycles. The minimum absolute atomic E-state index is 0.207. The van der Waals surface area contributed by atoms with Crippen LogP contribution < -0.4 is 11.1 Å². The summed E-state index contributed by atoms with van der Waals surface area (Å²) in [7, 11) is 0. The maximum atomic E-state index is 10.5. The molecule has 2 amide bonds. The summed E-state index contributed by atoms with van der Waals surface area (Å²) in [5, 5.41) is 10.8. The van der Waals surface area contributed by atoms with Crippen molar-refractivity contribution in [2.75, 3.05) is 11.9 Å². The number of amides is 2. The van der Waals surface area contributed by atoms with Gasteiger partial charge in [-0.3, -0.25) is 5.32 Å². The van der Waals surface area contributed by atoms with Crippen molar-refractivity contribution in [2.45, 2.75) is 0 Å². The van der Waals surface area contributed by atoms with Gasteiger partial charge in [0.1, 0.15) is 12.4 Å². The van der Waals surface area contributed by atoms with E-state index < -0.39 is 6.03 Å². The molecule has 0 aromatic carbocycles. The lowest BCUT2D eigenvalue weighted by molar-refractivity contribution is 0.259. The van der Waals surface area contributed by atoms with Gasteiger partial charge in [-0.25, -0.2) is 9.78 Å². The quantitative estimate of drug-likeness (QED) is 0.542. The third-order valence-corrected chi connectivity index (χ3v) is 1.32. The van der Waals surface area contributed by atoms with Crippen LogP contribution in [0.3, 0.4) is 0 Å². The molecule has 1 rings (SSSR count). The predicted molar refractivity (Wildman–Crippen MR) is 51.4 cm³/mol. The summed E-state index contributed by atoms with van der Waals surface area (Å²) in [5.74, 6) is 5.49. The van der Waals surface area contributed by atoms with Crippen molar-refractivity contribution in [3.8, 4) is 11.8 Å². The smallest absolute Gasteiger partial charge is 0.317 e. The van der Waals surface area contributed by atoms with E-state index in [1.54, 1.807) is 12.1 Å². The van der Waals surface area contributed by atoms with Crippen LogP contribution in [0.2, 0.25) is 0 Å². The highest BCUT2D eigenvalue weighted by Gasteiger charge is 1.96. The van der Waals surface area contributed by atoms with Gasteiger partial charge in [0.15, 0.2) is 0 Å². The first-order chi connectivity index (χ1) is 6.72. The van der Waals surface area contributed by atoms with Crippen LogP contribution in [-0.4, -0.2) is 22.7 Å². The lowest BCUT2D eigenvalue weighted by Crippen LogP contribution is -2.19. The zero-order chi connectivity index (χ0) is 10.4. The van der Waals surface area contributed by atoms with Crippen LogP contribution >= 0.6 is 0 Å². The Hall–Kier alpha value is -2.06. The number of nitrogens with two attached hydrogens (primary N) is 1. The number of primary amides is 1. The van der Waals surface area contributed by atoms with Crippen molar-refractivity contribution in [3.05, 3.63) is 23.9 Å². The summed E-state index contributed by atoms with van der Waals surface area (Å²) < 4.78 is 0. The Labute approximate surface area is 81.0 Å². The van der Waals surface area contributed by atoms with Gasteiger partial charge in [-0.2, -0.15) is 0 Å². The third-order valence-electron chi connectivity index (χ3n) is 1.32. The molecule has 0 atom stereocenters. The number of nitrogens with one attached hydrogen (secondary N) is 1. The van der Waals surface area contributed by atoms with E-state index in [2.05, 4.69) is 22.1 Å². The number of aliphatic hydroxyl groups is 1. The molecule has 0 unspecified atom stereocenters. The number of nitrogens with zero attached hydrogens (tertiary/aromatic N) is 1. The van der Waals surface area contributed by atoms with E-state index in [1.807, 2.05) is 0 Å². The van der Waals surface area contributed by atoms with Crippen LogP contribution in [0.4, 0.5) is 10.6 Å². The van der Waals surface area contributed by atoms with Crippen LogP contribution in [0.1, 0.15) is 5.56 Å².